The van der Waals surface area contributed by atoms with Crippen molar-refractivity contribution in [2.75, 3.05) is 0 Å². The molecule has 2 nitrogen and oxygen atoms in total. The minimum absolute atomic E-state index is 0.428. The van der Waals surface area contributed by atoms with E-state index in [0.717, 1.165) is 38.1 Å². The molecule has 24 heavy (non-hydrogen) atoms. The number of nitrogens with two attached hydrogens (primary N) is 1. The minimum atomic E-state index is 0.428. The van der Waals surface area contributed by atoms with E-state index >= 15 is 0 Å². The first-order chi connectivity index (χ1) is 11.5. The summed E-state index contributed by atoms with van der Waals surface area (Å²) in [5, 5.41) is 1.20. The van der Waals surface area contributed by atoms with Gasteiger partial charge in [0.15, 0.2) is 0 Å². The van der Waals surface area contributed by atoms with Crippen LogP contribution in [0.3, 0.4) is 0 Å². The summed E-state index contributed by atoms with van der Waals surface area (Å²) in [5.74, 6) is 0. The highest BCUT2D eigenvalue weighted by atomic mass is 79.9. The topological polar surface area (TPSA) is 38.9 Å². The van der Waals surface area contributed by atoms with Crippen LogP contribution in [0.4, 0.5) is 0 Å². The first-order valence-corrected chi connectivity index (χ1v) is 8.96. The van der Waals surface area contributed by atoms with Gasteiger partial charge in [0.25, 0.3) is 0 Å². The summed E-state index contributed by atoms with van der Waals surface area (Å²) < 4.78 is 1.02. The van der Waals surface area contributed by atoms with Crippen molar-refractivity contribution in [3.8, 4) is 22.4 Å². The number of nitrogens with zero attached hydrogens (tertiary/aromatic N) is 1. The number of rotatable bonds is 3. The van der Waals surface area contributed by atoms with Crippen molar-refractivity contribution in [1.82, 2.24) is 4.98 Å². The smallest absolute Gasteiger partial charge is 0.0784 e. The Kier molecular flexibility index (Phi) is 5.26. The molecule has 2 aromatic carbocycles. The van der Waals surface area contributed by atoms with Gasteiger partial charge in [-0.25, -0.2) is 0 Å². The zero-order valence-electron chi connectivity index (χ0n) is 13.0. The predicted octanol–water partition coefficient (Wildman–Crippen LogP) is 6.25. The molecule has 0 saturated carbocycles. The van der Waals surface area contributed by atoms with Crippen molar-refractivity contribution in [3.05, 3.63) is 74.3 Å². The van der Waals surface area contributed by atoms with E-state index < -0.39 is 0 Å². The molecule has 0 atom stereocenters. The molecule has 0 radical (unpaired) electrons. The molecule has 1 aromatic heterocycles. The second-order valence-electron chi connectivity index (χ2n) is 5.46. The van der Waals surface area contributed by atoms with Gasteiger partial charge in [0.1, 0.15) is 0 Å². The van der Waals surface area contributed by atoms with Crippen LogP contribution in [0.25, 0.3) is 22.4 Å². The van der Waals surface area contributed by atoms with Crippen LogP contribution < -0.4 is 5.73 Å². The molecule has 1 heterocycles. The van der Waals surface area contributed by atoms with Gasteiger partial charge in [-0.1, -0.05) is 57.3 Å². The Bertz CT molecular complexity index is 893. The molecular formula is C19H15BrCl2N2. The average Bonchev–Trinajstić information content (AvgIpc) is 2.56. The molecule has 0 bridgehead atoms. The van der Waals surface area contributed by atoms with E-state index in [9.17, 15) is 0 Å². The van der Waals surface area contributed by atoms with E-state index in [1.165, 1.54) is 0 Å². The Morgan fingerprint density at radius 2 is 1.71 bits per heavy atom. The third-order valence-electron chi connectivity index (χ3n) is 3.88. The van der Waals surface area contributed by atoms with Gasteiger partial charge in [0.05, 0.1) is 5.69 Å². The molecular weight excluding hydrogens is 407 g/mol. The zero-order valence-corrected chi connectivity index (χ0v) is 16.1. The molecule has 0 spiro atoms. The summed E-state index contributed by atoms with van der Waals surface area (Å²) in [6.07, 6.45) is 0. The fraction of sp³-hybridized carbons (Fsp3) is 0.105. The number of pyridine rings is 1. The Balaban J connectivity index is 2.28. The van der Waals surface area contributed by atoms with E-state index in [-0.39, 0.29) is 0 Å². The standard InChI is InChI=1S/C19H15BrCl2N2/c1-11-13(10-23)8-17(16-7-6-15(21)9-18(16)22)19(24-11)12-2-4-14(20)5-3-12/h2-9H,10,23H2,1H3. The van der Waals surface area contributed by atoms with Gasteiger partial charge in [-0.05, 0) is 42.8 Å². The van der Waals surface area contributed by atoms with Crippen molar-refractivity contribution < 1.29 is 0 Å². The van der Waals surface area contributed by atoms with Crippen LogP contribution in [0.1, 0.15) is 11.3 Å². The van der Waals surface area contributed by atoms with E-state index in [0.29, 0.717) is 16.6 Å². The van der Waals surface area contributed by atoms with Gasteiger partial charge in [-0.15, -0.1) is 0 Å². The van der Waals surface area contributed by atoms with Crippen LogP contribution in [-0.4, -0.2) is 4.98 Å². The monoisotopic (exact) mass is 420 g/mol. The van der Waals surface area contributed by atoms with Crippen molar-refractivity contribution >= 4 is 39.1 Å². The molecule has 0 saturated heterocycles. The fourth-order valence-corrected chi connectivity index (χ4v) is 3.37. The number of aromatic nitrogens is 1. The Morgan fingerprint density at radius 1 is 1.00 bits per heavy atom. The highest BCUT2D eigenvalue weighted by molar-refractivity contribution is 9.10. The van der Waals surface area contributed by atoms with Gasteiger partial charge in [-0.2, -0.15) is 0 Å². The van der Waals surface area contributed by atoms with Gasteiger partial charge in [-0.3, -0.25) is 4.98 Å². The Hall–Kier alpha value is -1.39. The predicted molar refractivity (Wildman–Crippen MR) is 105 cm³/mol. The van der Waals surface area contributed by atoms with E-state index in [1.54, 1.807) is 6.07 Å². The summed E-state index contributed by atoms with van der Waals surface area (Å²) in [5.41, 5.74) is 11.5. The van der Waals surface area contributed by atoms with Crippen LogP contribution in [0.2, 0.25) is 10.0 Å². The number of hydrogen-bond donors (Lipinski definition) is 1. The zero-order chi connectivity index (χ0) is 17.3. The summed E-state index contributed by atoms with van der Waals surface area (Å²) in [6.45, 7) is 2.40. The van der Waals surface area contributed by atoms with E-state index in [4.69, 9.17) is 33.9 Å². The molecule has 2 N–H and O–H groups in total. The molecule has 0 aliphatic rings. The van der Waals surface area contributed by atoms with Crippen LogP contribution in [0, 0.1) is 6.92 Å². The largest absolute Gasteiger partial charge is 0.326 e. The van der Waals surface area contributed by atoms with Crippen molar-refractivity contribution in [3.63, 3.8) is 0 Å². The van der Waals surface area contributed by atoms with Gasteiger partial charge >= 0.3 is 0 Å². The summed E-state index contributed by atoms with van der Waals surface area (Å²) in [6, 6.07) is 15.6. The molecule has 3 rings (SSSR count). The maximum Gasteiger partial charge on any atom is 0.0784 e. The summed E-state index contributed by atoms with van der Waals surface area (Å²) in [4.78, 5) is 4.80. The Labute approximate surface area is 159 Å². The van der Waals surface area contributed by atoms with Gasteiger partial charge in [0, 0.05) is 43.4 Å². The van der Waals surface area contributed by atoms with Crippen molar-refractivity contribution in [1.29, 1.82) is 0 Å². The summed E-state index contributed by atoms with van der Waals surface area (Å²) >= 11 is 15.9. The van der Waals surface area contributed by atoms with Crippen LogP contribution in [0.5, 0.6) is 0 Å². The first kappa shape index (κ1) is 17.4. The summed E-state index contributed by atoms with van der Waals surface area (Å²) in [7, 11) is 0. The molecule has 0 fully saturated rings. The lowest BCUT2D eigenvalue weighted by molar-refractivity contribution is 1.01. The molecule has 0 aliphatic carbocycles. The van der Waals surface area contributed by atoms with Gasteiger partial charge < -0.3 is 5.73 Å². The first-order valence-electron chi connectivity index (χ1n) is 7.41. The molecule has 122 valence electrons. The lowest BCUT2D eigenvalue weighted by atomic mass is 9.96. The van der Waals surface area contributed by atoms with Crippen molar-refractivity contribution in [2.24, 2.45) is 5.73 Å². The second kappa shape index (κ2) is 7.24. The molecule has 0 unspecified atom stereocenters. The lowest BCUT2D eigenvalue weighted by Gasteiger charge is -2.15. The van der Waals surface area contributed by atoms with E-state index in [2.05, 4.69) is 22.0 Å². The lowest BCUT2D eigenvalue weighted by Crippen LogP contribution is -2.03. The number of aryl methyl sites for hydroxylation is 1. The van der Waals surface area contributed by atoms with Crippen LogP contribution >= 0.6 is 39.1 Å². The number of benzene rings is 2. The van der Waals surface area contributed by atoms with Crippen LogP contribution in [0.15, 0.2) is 53.0 Å². The highest BCUT2D eigenvalue weighted by Crippen LogP contribution is 2.37. The normalized spacial score (nSPS) is 10.9. The van der Waals surface area contributed by atoms with E-state index in [1.807, 2.05) is 43.3 Å². The third kappa shape index (κ3) is 3.50. The number of hydrogen-bond acceptors (Lipinski definition) is 2. The van der Waals surface area contributed by atoms with Gasteiger partial charge in [0.2, 0.25) is 0 Å². The maximum atomic E-state index is 6.43. The van der Waals surface area contributed by atoms with Crippen molar-refractivity contribution in [2.45, 2.75) is 13.5 Å². The average molecular weight is 422 g/mol. The SMILES string of the molecule is Cc1nc(-c2ccc(Br)cc2)c(-c2ccc(Cl)cc2Cl)cc1CN. The fourth-order valence-electron chi connectivity index (χ4n) is 2.59. The molecule has 0 aliphatic heterocycles. The second-order valence-corrected chi connectivity index (χ2v) is 7.22. The third-order valence-corrected chi connectivity index (χ3v) is 4.95. The van der Waals surface area contributed by atoms with Crippen LogP contribution in [-0.2, 0) is 6.54 Å². The molecule has 5 heteroatoms. The Morgan fingerprint density at radius 3 is 2.33 bits per heavy atom. The molecule has 0 amide bonds. The quantitative estimate of drug-likeness (QED) is 0.542. The maximum absolute atomic E-state index is 6.43. The minimum Gasteiger partial charge on any atom is -0.326 e. The molecule has 3 aromatic rings. The number of halogens is 3. The highest BCUT2D eigenvalue weighted by Gasteiger charge is 2.15.